The number of benzene rings is 2. The Balaban J connectivity index is 1.41. The maximum atomic E-state index is 12.9. The van der Waals surface area contributed by atoms with Gasteiger partial charge in [-0.05, 0) is 75.1 Å². The molecule has 2 aromatic carbocycles. The first-order valence-corrected chi connectivity index (χ1v) is 11.5. The van der Waals surface area contributed by atoms with E-state index in [1.165, 1.54) is 19.3 Å². The van der Waals surface area contributed by atoms with Gasteiger partial charge in [-0.15, -0.1) is 0 Å². The van der Waals surface area contributed by atoms with Gasteiger partial charge in [0.1, 0.15) is 5.75 Å². The minimum Gasteiger partial charge on any atom is -0.493 e. The Hall–Kier alpha value is -2.33. The third kappa shape index (κ3) is 5.12. The van der Waals surface area contributed by atoms with Gasteiger partial charge in [-0.3, -0.25) is 4.79 Å². The number of rotatable bonds is 8. The van der Waals surface area contributed by atoms with E-state index in [9.17, 15) is 9.90 Å². The summed E-state index contributed by atoms with van der Waals surface area (Å²) >= 11 is 0. The van der Waals surface area contributed by atoms with Crippen LogP contribution in [0.3, 0.4) is 0 Å². The Morgan fingerprint density at radius 1 is 1.10 bits per heavy atom. The molecule has 0 radical (unpaired) electrons. The van der Waals surface area contributed by atoms with Crippen molar-refractivity contribution in [3.05, 3.63) is 65.7 Å². The fourth-order valence-electron chi connectivity index (χ4n) is 5.12. The van der Waals surface area contributed by atoms with Crippen molar-refractivity contribution in [2.75, 3.05) is 6.61 Å². The lowest BCUT2D eigenvalue weighted by molar-refractivity contribution is -0.125. The molecule has 2 aromatic rings. The lowest BCUT2D eigenvalue weighted by Crippen LogP contribution is -2.43. The van der Waals surface area contributed by atoms with Gasteiger partial charge in [0.25, 0.3) is 0 Å². The van der Waals surface area contributed by atoms with Crippen LogP contribution in [0.2, 0.25) is 0 Å². The molecule has 0 heterocycles. The molecule has 2 fully saturated rings. The highest BCUT2D eigenvalue weighted by molar-refractivity contribution is 5.83. The number of fused-ring (bicyclic) bond motifs is 1. The Morgan fingerprint density at radius 3 is 2.29 bits per heavy atom. The van der Waals surface area contributed by atoms with Gasteiger partial charge in [-0.2, -0.15) is 0 Å². The lowest BCUT2D eigenvalue weighted by atomic mass is 9.86. The van der Waals surface area contributed by atoms with Crippen LogP contribution in [0, 0.1) is 17.3 Å². The summed E-state index contributed by atoms with van der Waals surface area (Å²) in [6.45, 7) is 8.42. The van der Waals surface area contributed by atoms with Gasteiger partial charge in [0, 0.05) is 5.41 Å². The third-order valence-electron chi connectivity index (χ3n) is 7.07. The fourth-order valence-corrected chi connectivity index (χ4v) is 5.12. The van der Waals surface area contributed by atoms with Crippen molar-refractivity contribution in [2.24, 2.45) is 17.3 Å². The minimum atomic E-state index is -1.10. The summed E-state index contributed by atoms with van der Waals surface area (Å²) in [6, 6.07) is 17.0. The smallest absolute Gasteiger partial charge is 0.227 e. The fraction of sp³-hybridized carbons (Fsp3) is 0.519. The molecule has 0 spiro atoms. The SMILES string of the molecule is C[C@H](C(=O)N[C@H](c1ccc(OCC2(C)CC3CC3C2)cc1)C(C)(C)O)c1ccccc1. The summed E-state index contributed by atoms with van der Waals surface area (Å²) in [7, 11) is 0. The lowest BCUT2D eigenvalue weighted by Gasteiger charge is -2.32. The molecular formula is C27H35NO3. The van der Waals surface area contributed by atoms with E-state index in [1.54, 1.807) is 13.8 Å². The highest BCUT2D eigenvalue weighted by Crippen LogP contribution is 2.59. The highest BCUT2D eigenvalue weighted by atomic mass is 16.5. The molecule has 0 aliphatic heterocycles. The second-order valence-electron chi connectivity index (χ2n) is 10.6. The number of hydrogen-bond acceptors (Lipinski definition) is 3. The standard InChI is InChI=1S/C27H35NO3/c1-18(19-8-6-5-7-9-19)25(29)28-24(26(2,3)30)20-10-12-23(13-11-20)31-17-27(4)15-21-14-22(21)16-27/h5-13,18,21-22,24,30H,14-17H2,1-4H3,(H,28,29)/t18-,21?,22?,24+,27?/m0/s1. The predicted octanol–water partition coefficient (Wildman–Crippen LogP) is 5.23. The molecule has 2 N–H and O–H groups in total. The largest absolute Gasteiger partial charge is 0.493 e. The highest BCUT2D eigenvalue weighted by Gasteiger charge is 2.51. The van der Waals surface area contributed by atoms with Gasteiger partial charge < -0.3 is 15.2 Å². The summed E-state index contributed by atoms with van der Waals surface area (Å²) < 4.78 is 6.11. The first-order valence-electron chi connectivity index (χ1n) is 11.5. The molecule has 31 heavy (non-hydrogen) atoms. The van der Waals surface area contributed by atoms with Crippen molar-refractivity contribution in [3.8, 4) is 5.75 Å². The summed E-state index contributed by atoms with van der Waals surface area (Å²) in [5.74, 6) is 2.30. The van der Waals surface area contributed by atoms with Crippen LogP contribution in [0.4, 0.5) is 0 Å². The van der Waals surface area contributed by atoms with Gasteiger partial charge in [0.15, 0.2) is 0 Å². The molecule has 2 unspecified atom stereocenters. The topological polar surface area (TPSA) is 58.6 Å². The maximum Gasteiger partial charge on any atom is 0.227 e. The molecule has 2 aliphatic carbocycles. The molecule has 4 rings (SSSR count). The number of carbonyl (C=O) groups excluding carboxylic acids is 1. The zero-order chi connectivity index (χ0) is 22.2. The van der Waals surface area contributed by atoms with Crippen molar-refractivity contribution in [1.29, 1.82) is 0 Å². The van der Waals surface area contributed by atoms with Crippen LogP contribution in [0.1, 0.15) is 70.0 Å². The Kier molecular flexibility index (Phi) is 5.87. The van der Waals surface area contributed by atoms with E-state index in [-0.39, 0.29) is 11.8 Å². The molecule has 0 bridgehead atoms. The van der Waals surface area contributed by atoms with Gasteiger partial charge in [0.05, 0.1) is 24.2 Å². The van der Waals surface area contributed by atoms with Crippen molar-refractivity contribution in [1.82, 2.24) is 5.32 Å². The summed E-state index contributed by atoms with van der Waals surface area (Å²) in [4.78, 5) is 12.9. The summed E-state index contributed by atoms with van der Waals surface area (Å²) in [6.07, 6.45) is 3.97. The van der Waals surface area contributed by atoms with Crippen molar-refractivity contribution in [3.63, 3.8) is 0 Å². The number of hydrogen-bond donors (Lipinski definition) is 2. The zero-order valence-corrected chi connectivity index (χ0v) is 19.1. The first kappa shape index (κ1) is 21.9. The summed E-state index contributed by atoms with van der Waals surface area (Å²) in [5.41, 5.74) is 1.01. The van der Waals surface area contributed by atoms with E-state index >= 15 is 0 Å². The predicted molar refractivity (Wildman–Crippen MR) is 123 cm³/mol. The van der Waals surface area contributed by atoms with Crippen LogP contribution in [-0.4, -0.2) is 23.2 Å². The van der Waals surface area contributed by atoms with E-state index in [2.05, 4.69) is 12.2 Å². The van der Waals surface area contributed by atoms with Crippen molar-refractivity contribution >= 4 is 5.91 Å². The van der Waals surface area contributed by atoms with Crippen LogP contribution in [0.5, 0.6) is 5.75 Å². The van der Waals surface area contributed by atoms with E-state index in [1.807, 2.05) is 61.5 Å². The van der Waals surface area contributed by atoms with Gasteiger partial charge in [-0.25, -0.2) is 0 Å². The quantitative estimate of drug-likeness (QED) is 0.613. The molecule has 4 nitrogen and oxygen atoms in total. The van der Waals surface area contributed by atoms with Crippen LogP contribution in [0.25, 0.3) is 0 Å². The number of amides is 1. The van der Waals surface area contributed by atoms with Crippen molar-refractivity contribution in [2.45, 2.75) is 64.5 Å². The van der Waals surface area contributed by atoms with Crippen LogP contribution >= 0.6 is 0 Å². The normalized spacial score (nSPS) is 26.6. The molecular weight excluding hydrogens is 386 g/mol. The summed E-state index contributed by atoms with van der Waals surface area (Å²) in [5, 5.41) is 13.8. The molecule has 1 amide bonds. The number of carbonyl (C=O) groups is 1. The van der Waals surface area contributed by atoms with Gasteiger partial charge >= 0.3 is 0 Å². The van der Waals surface area contributed by atoms with Crippen molar-refractivity contribution < 1.29 is 14.6 Å². The maximum absolute atomic E-state index is 12.9. The van der Waals surface area contributed by atoms with E-state index < -0.39 is 11.6 Å². The first-order chi connectivity index (χ1) is 14.6. The average molecular weight is 422 g/mol. The molecule has 4 atom stereocenters. The van der Waals surface area contributed by atoms with Gasteiger partial charge in [0.2, 0.25) is 5.91 Å². The average Bonchev–Trinajstić information content (AvgIpc) is 3.37. The Morgan fingerprint density at radius 2 is 1.71 bits per heavy atom. The molecule has 0 saturated heterocycles. The number of nitrogens with one attached hydrogen (secondary N) is 1. The van der Waals surface area contributed by atoms with Crippen LogP contribution < -0.4 is 10.1 Å². The Bertz CT molecular complexity index is 890. The second-order valence-corrected chi connectivity index (χ2v) is 10.6. The molecule has 166 valence electrons. The number of aliphatic hydroxyl groups is 1. The monoisotopic (exact) mass is 421 g/mol. The van der Waals surface area contributed by atoms with E-state index in [0.29, 0.717) is 5.41 Å². The molecule has 2 aliphatic rings. The molecule has 0 aromatic heterocycles. The molecule has 4 heteroatoms. The third-order valence-corrected chi connectivity index (χ3v) is 7.07. The van der Waals surface area contributed by atoms with Gasteiger partial charge in [-0.1, -0.05) is 49.4 Å². The molecule has 2 saturated carbocycles. The van der Waals surface area contributed by atoms with Crippen LogP contribution in [0.15, 0.2) is 54.6 Å². The second kappa shape index (κ2) is 8.31. The minimum absolute atomic E-state index is 0.105. The zero-order valence-electron chi connectivity index (χ0n) is 19.1. The van der Waals surface area contributed by atoms with Crippen LogP contribution in [-0.2, 0) is 4.79 Å². The number of ether oxygens (including phenoxy) is 1. The van der Waals surface area contributed by atoms with E-state index in [0.717, 1.165) is 35.3 Å². The van der Waals surface area contributed by atoms with E-state index in [4.69, 9.17) is 4.74 Å². The Labute approximate surface area is 186 Å².